The summed E-state index contributed by atoms with van der Waals surface area (Å²) in [7, 11) is 0. The van der Waals surface area contributed by atoms with Crippen LogP contribution in [0.3, 0.4) is 0 Å². The molecule has 3 unspecified atom stereocenters. The summed E-state index contributed by atoms with van der Waals surface area (Å²) in [5.74, 6) is 1.10. The molecule has 1 saturated carbocycles. The minimum atomic E-state index is -0.185. The van der Waals surface area contributed by atoms with E-state index < -0.39 is 0 Å². The number of carbonyl (C=O) groups excluding carboxylic acids is 1. The second-order valence-corrected chi connectivity index (χ2v) is 6.37. The van der Waals surface area contributed by atoms with Crippen LogP contribution < -0.4 is 10.6 Å². The maximum Gasteiger partial charge on any atom is 0.315 e. The summed E-state index contributed by atoms with van der Waals surface area (Å²) in [6.45, 7) is 4.15. The largest absolute Gasteiger partial charge is 0.396 e. The smallest absolute Gasteiger partial charge is 0.315 e. The minimum Gasteiger partial charge on any atom is -0.396 e. The van der Waals surface area contributed by atoms with E-state index in [4.69, 9.17) is 16.7 Å². The van der Waals surface area contributed by atoms with Gasteiger partial charge in [-0.2, -0.15) is 0 Å². The van der Waals surface area contributed by atoms with Crippen LogP contribution >= 0.6 is 11.6 Å². The lowest BCUT2D eigenvalue weighted by atomic mass is 10.0. The zero-order valence-corrected chi connectivity index (χ0v) is 13.2. The number of rotatable bonds is 6. The molecule has 116 valence electrons. The summed E-state index contributed by atoms with van der Waals surface area (Å²) in [5.41, 5.74) is 1.08. The Hall–Kier alpha value is -1.26. The van der Waals surface area contributed by atoms with Crippen molar-refractivity contribution in [3.8, 4) is 0 Å². The molecule has 1 aliphatic rings. The fraction of sp³-hybridized carbons (Fsp3) is 0.562. The van der Waals surface area contributed by atoms with Crippen LogP contribution in [0.4, 0.5) is 4.79 Å². The van der Waals surface area contributed by atoms with Gasteiger partial charge in [-0.15, -0.1) is 0 Å². The van der Waals surface area contributed by atoms with Gasteiger partial charge in [-0.1, -0.05) is 30.7 Å². The van der Waals surface area contributed by atoms with Gasteiger partial charge in [-0.25, -0.2) is 4.79 Å². The van der Waals surface area contributed by atoms with Crippen LogP contribution in [-0.2, 0) is 0 Å². The molecule has 0 spiro atoms. The number of halogens is 1. The standard InChI is InChI=1S/C16H23ClN2O2/c1-10-9-14(10)15(12-3-5-13(17)6-4-12)19-16(21)18-11(2)7-8-20/h3-6,10-11,14-15,20H,7-9H2,1-2H3,(H2,18,19,21)/t10?,11-,14?,15?/m1/s1. The number of aliphatic hydroxyl groups excluding tert-OH is 1. The van der Waals surface area contributed by atoms with E-state index in [0.29, 0.717) is 23.3 Å². The van der Waals surface area contributed by atoms with Gasteiger partial charge in [0, 0.05) is 17.7 Å². The van der Waals surface area contributed by atoms with E-state index in [2.05, 4.69) is 17.6 Å². The third kappa shape index (κ3) is 4.61. The maximum absolute atomic E-state index is 12.1. The van der Waals surface area contributed by atoms with Gasteiger partial charge in [0.15, 0.2) is 0 Å². The van der Waals surface area contributed by atoms with Crippen molar-refractivity contribution in [3.05, 3.63) is 34.9 Å². The first-order valence-corrected chi connectivity index (χ1v) is 7.82. The zero-order chi connectivity index (χ0) is 15.4. The molecule has 0 aliphatic heterocycles. The van der Waals surface area contributed by atoms with E-state index in [1.165, 1.54) is 0 Å². The zero-order valence-electron chi connectivity index (χ0n) is 12.5. The molecule has 0 bridgehead atoms. The highest BCUT2D eigenvalue weighted by Gasteiger charge is 2.41. The minimum absolute atomic E-state index is 0.0126. The lowest BCUT2D eigenvalue weighted by Crippen LogP contribution is -2.43. The summed E-state index contributed by atoms with van der Waals surface area (Å²) in [6.07, 6.45) is 1.68. The first kappa shape index (κ1) is 16.1. The third-order valence-corrected chi connectivity index (χ3v) is 4.31. The number of hydrogen-bond acceptors (Lipinski definition) is 2. The Bertz CT molecular complexity index is 478. The van der Waals surface area contributed by atoms with Crippen molar-refractivity contribution in [1.29, 1.82) is 0 Å². The highest BCUT2D eigenvalue weighted by molar-refractivity contribution is 6.30. The number of benzene rings is 1. The fourth-order valence-corrected chi connectivity index (χ4v) is 2.72. The van der Waals surface area contributed by atoms with E-state index >= 15 is 0 Å². The van der Waals surface area contributed by atoms with Gasteiger partial charge in [0.1, 0.15) is 0 Å². The summed E-state index contributed by atoms with van der Waals surface area (Å²) in [4.78, 5) is 12.1. The average Bonchev–Trinajstić information content (AvgIpc) is 3.14. The molecule has 0 saturated heterocycles. The second-order valence-electron chi connectivity index (χ2n) is 5.94. The van der Waals surface area contributed by atoms with Gasteiger partial charge < -0.3 is 15.7 Å². The van der Waals surface area contributed by atoms with Crippen molar-refractivity contribution in [2.45, 2.75) is 38.8 Å². The quantitative estimate of drug-likeness (QED) is 0.756. The van der Waals surface area contributed by atoms with Crippen molar-refractivity contribution in [2.24, 2.45) is 11.8 Å². The third-order valence-electron chi connectivity index (χ3n) is 4.06. The molecule has 1 aromatic rings. The Kier molecular flexibility index (Phi) is 5.48. The maximum atomic E-state index is 12.1. The van der Waals surface area contributed by atoms with E-state index in [1.54, 1.807) is 0 Å². The van der Waals surface area contributed by atoms with E-state index in [0.717, 1.165) is 12.0 Å². The van der Waals surface area contributed by atoms with Crippen LogP contribution in [0.2, 0.25) is 5.02 Å². The van der Waals surface area contributed by atoms with Gasteiger partial charge in [0.25, 0.3) is 0 Å². The predicted octanol–water partition coefficient (Wildman–Crippen LogP) is 3.11. The summed E-state index contributed by atoms with van der Waals surface area (Å²) < 4.78 is 0. The molecule has 5 heteroatoms. The number of amides is 2. The van der Waals surface area contributed by atoms with Gasteiger partial charge in [0.2, 0.25) is 0 Å². The van der Waals surface area contributed by atoms with Crippen LogP contribution in [0.15, 0.2) is 24.3 Å². The molecular formula is C16H23ClN2O2. The molecule has 0 heterocycles. The fourth-order valence-electron chi connectivity index (χ4n) is 2.60. The van der Waals surface area contributed by atoms with Crippen molar-refractivity contribution >= 4 is 17.6 Å². The normalized spacial score (nSPS) is 23.2. The average molecular weight is 311 g/mol. The monoisotopic (exact) mass is 310 g/mol. The van der Waals surface area contributed by atoms with Crippen LogP contribution in [0.5, 0.6) is 0 Å². The molecule has 2 amide bonds. The van der Waals surface area contributed by atoms with Crippen molar-refractivity contribution < 1.29 is 9.90 Å². The second kappa shape index (κ2) is 7.14. The molecular weight excluding hydrogens is 288 g/mol. The van der Waals surface area contributed by atoms with Gasteiger partial charge in [-0.05, 0) is 49.3 Å². The van der Waals surface area contributed by atoms with Crippen LogP contribution in [-0.4, -0.2) is 23.8 Å². The summed E-state index contributed by atoms with van der Waals surface area (Å²) in [6, 6.07) is 7.42. The lowest BCUT2D eigenvalue weighted by Gasteiger charge is -2.21. The van der Waals surface area contributed by atoms with Crippen molar-refractivity contribution in [1.82, 2.24) is 10.6 Å². The number of carbonyl (C=O) groups is 1. The molecule has 1 aliphatic carbocycles. The molecule has 0 radical (unpaired) electrons. The number of urea groups is 1. The Morgan fingerprint density at radius 1 is 1.38 bits per heavy atom. The Morgan fingerprint density at radius 3 is 2.52 bits per heavy atom. The van der Waals surface area contributed by atoms with Crippen LogP contribution in [0, 0.1) is 11.8 Å². The number of nitrogens with one attached hydrogen (secondary N) is 2. The SMILES string of the molecule is CC1CC1C(NC(=O)N[C@H](C)CCO)c1ccc(Cl)cc1. The Balaban J connectivity index is 2.00. The van der Waals surface area contributed by atoms with Crippen molar-refractivity contribution in [2.75, 3.05) is 6.61 Å². The van der Waals surface area contributed by atoms with Gasteiger partial charge >= 0.3 is 6.03 Å². The number of aliphatic hydroxyl groups is 1. The summed E-state index contributed by atoms with van der Waals surface area (Å²) >= 11 is 5.93. The van der Waals surface area contributed by atoms with E-state index in [1.807, 2.05) is 31.2 Å². The highest BCUT2D eigenvalue weighted by atomic mass is 35.5. The van der Waals surface area contributed by atoms with Crippen LogP contribution in [0.1, 0.15) is 38.3 Å². The molecule has 1 fully saturated rings. The molecule has 2 rings (SSSR count). The molecule has 3 N–H and O–H groups in total. The first-order valence-electron chi connectivity index (χ1n) is 7.44. The van der Waals surface area contributed by atoms with Crippen LogP contribution in [0.25, 0.3) is 0 Å². The number of hydrogen-bond donors (Lipinski definition) is 3. The van der Waals surface area contributed by atoms with E-state index in [9.17, 15) is 4.79 Å². The van der Waals surface area contributed by atoms with E-state index in [-0.39, 0.29) is 24.7 Å². The highest BCUT2D eigenvalue weighted by Crippen LogP contribution is 2.47. The van der Waals surface area contributed by atoms with Gasteiger partial charge in [0.05, 0.1) is 6.04 Å². The lowest BCUT2D eigenvalue weighted by molar-refractivity contribution is 0.226. The first-order chi connectivity index (χ1) is 10.0. The molecule has 0 aromatic heterocycles. The molecule has 4 nitrogen and oxygen atoms in total. The topological polar surface area (TPSA) is 61.4 Å². The molecule has 1 aromatic carbocycles. The van der Waals surface area contributed by atoms with Gasteiger partial charge in [-0.3, -0.25) is 0 Å². The Labute approximate surface area is 130 Å². The molecule has 21 heavy (non-hydrogen) atoms. The predicted molar refractivity (Wildman–Crippen MR) is 84.3 cm³/mol. The summed E-state index contributed by atoms with van der Waals surface area (Å²) in [5, 5.41) is 15.5. The molecule has 4 atom stereocenters. The Morgan fingerprint density at radius 2 is 2.00 bits per heavy atom. The van der Waals surface area contributed by atoms with Crippen molar-refractivity contribution in [3.63, 3.8) is 0 Å².